The van der Waals surface area contributed by atoms with E-state index in [4.69, 9.17) is 4.74 Å². The van der Waals surface area contributed by atoms with Gasteiger partial charge in [-0.1, -0.05) is 12.1 Å². The Morgan fingerprint density at radius 2 is 2.10 bits per heavy atom. The van der Waals surface area contributed by atoms with Gasteiger partial charge in [-0.15, -0.1) is 0 Å². The van der Waals surface area contributed by atoms with Crippen molar-refractivity contribution < 1.29 is 13.9 Å². The Labute approximate surface area is 123 Å². The van der Waals surface area contributed by atoms with E-state index in [1.54, 1.807) is 24.3 Å². The number of hydrogen-bond acceptors (Lipinski definition) is 3. The van der Waals surface area contributed by atoms with Crippen LogP contribution in [0.1, 0.15) is 22.8 Å². The normalized spacial score (nSPS) is 13.5. The molecule has 0 amide bonds. The zero-order chi connectivity index (χ0) is 14.8. The molecule has 0 unspecified atom stereocenters. The monoisotopic (exact) mass is 285 g/mol. The van der Waals surface area contributed by atoms with Crippen molar-refractivity contribution in [3.05, 3.63) is 59.4 Å². The highest BCUT2D eigenvalue weighted by atomic mass is 19.1. The molecule has 0 radical (unpaired) electrons. The van der Waals surface area contributed by atoms with Crippen molar-refractivity contribution in [3.63, 3.8) is 0 Å². The molecule has 4 heteroatoms. The summed E-state index contributed by atoms with van der Waals surface area (Å²) in [6.45, 7) is 4.40. The first kappa shape index (κ1) is 13.6. The fraction of sp³-hybridized carbons (Fsp3) is 0.235. The van der Waals surface area contributed by atoms with E-state index in [9.17, 15) is 9.18 Å². The number of anilines is 1. The van der Waals surface area contributed by atoms with Gasteiger partial charge in [-0.3, -0.25) is 4.79 Å². The Morgan fingerprint density at radius 1 is 1.29 bits per heavy atom. The SMILES string of the molecule is CCN1CCOc2cc(C(=O)c3ccccc3F)ccc21. The van der Waals surface area contributed by atoms with Crippen LogP contribution >= 0.6 is 0 Å². The Hall–Kier alpha value is -2.36. The number of ether oxygens (including phenoxy) is 1. The van der Waals surface area contributed by atoms with Gasteiger partial charge in [0.1, 0.15) is 18.2 Å². The lowest BCUT2D eigenvalue weighted by Crippen LogP contribution is -2.32. The summed E-state index contributed by atoms with van der Waals surface area (Å²) in [7, 11) is 0. The summed E-state index contributed by atoms with van der Waals surface area (Å²) in [5.74, 6) is -0.144. The molecular formula is C17H16FNO2. The third-order valence-electron chi connectivity index (χ3n) is 3.68. The summed E-state index contributed by atoms with van der Waals surface area (Å²) in [4.78, 5) is 14.6. The quantitative estimate of drug-likeness (QED) is 0.811. The van der Waals surface area contributed by atoms with Gasteiger partial charge < -0.3 is 9.64 Å². The molecule has 2 aromatic rings. The summed E-state index contributed by atoms with van der Waals surface area (Å²) in [5, 5.41) is 0. The summed E-state index contributed by atoms with van der Waals surface area (Å²) in [6.07, 6.45) is 0. The van der Waals surface area contributed by atoms with Crippen LogP contribution < -0.4 is 9.64 Å². The van der Waals surface area contributed by atoms with E-state index in [1.165, 1.54) is 12.1 Å². The number of carbonyl (C=O) groups excluding carboxylic acids is 1. The maximum absolute atomic E-state index is 13.7. The fourth-order valence-corrected chi connectivity index (χ4v) is 2.55. The average molecular weight is 285 g/mol. The molecule has 0 fully saturated rings. The third-order valence-corrected chi connectivity index (χ3v) is 3.68. The van der Waals surface area contributed by atoms with E-state index >= 15 is 0 Å². The first-order valence-corrected chi connectivity index (χ1v) is 7.01. The first-order valence-electron chi connectivity index (χ1n) is 7.01. The van der Waals surface area contributed by atoms with Crippen LogP contribution in [0.2, 0.25) is 0 Å². The molecule has 3 nitrogen and oxygen atoms in total. The second-order valence-electron chi connectivity index (χ2n) is 4.92. The molecule has 1 aliphatic heterocycles. The second kappa shape index (κ2) is 5.56. The Bertz CT molecular complexity index is 684. The van der Waals surface area contributed by atoms with Crippen molar-refractivity contribution in [2.75, 3.05) is 24.6 Å². The number of benzene rings is 2. The molecule has 0 aliphatic carbocycles. The smallest absolute Gasteiger partial charge is 0.196 e. The van der Waals surface area contributed by atoms with E-state index in [2.05, 4.69) is 11.8 Å². The van der Waals surface area contributed by atoms with Crippen molar-refractivity contribution in [1.82, 2.24) is 0 Å². The van der Waals surface area contributed by atoms with Crippen LogP contribution in [0.15, 0.2) is 42.5 Å². The lowest BCUT2D eigenvalue weighted by atomic mass is 10.0. The minimum Gasteiger partial charge on any atom is -0.490 e. The van der Waals surface area contributed by atoms with E-state index in [0.29, 0.717) is 17.9 Å². The summed E-state index contributed by atoms with van der Waals surface area (Å²) < 4.78 is 19.3. The van der Waals surface area contributed by atoms with Gasteiger partial charge in [0.2, 0.25) is 0 Å². The Morgan fingerprint density at radius 3 is 2.86 bits per heavy atom. The molecule has 0 saturated heterocycles. The van der Waals surface area contributed by atoms with Crippen LogP contribution in [0.3, 0.4) is 0 Å². The summed E-state index contributed by atoms with van der Waals surface area (Å²) in [5.41, 5.74) is 1.51. The van der Waals surface area contributed by atoms with Crippen molar-refractivity contribution in [2.45, 2.75) is 6.92 Å². The minimum absolute atomic E-state index is 0.0839. The largest absolute Gasteiger partial charge is 0.490 e. The fourth-order valence-electron chi connectivity index (χ4n) is 2.55. The number of ketones is 1. The topological polar surface area (TPSA) is 29.5 Å². The van der Waals surface area contributed by atoms with Crippen molar-refractivity contribution in [3.8, 4) is 5.75 Å². The zero-order valence-electron chi connectivity index (χ0n) is 11.8. The van der Waals surface area contributed by atoms with Crippen LogP contribution in [0.4, 0.5) is 10.1 Å². The van der Waals surface area contributed by atoms with Gasteiger partial charge in [0.15, 0.2) is 5.78 Å². The molecule has 0 N–H and O–H groups in total. The van der Waals surface area contributed by atoms with Gasteiger partial charge in [0, 0.05) is 12.1 Å². The van der Waals surface area contributed by atoms with Gasteiger partial charge in [0.25, 0.3) is 0 Å². The lowest BCUT2D eigenvalue weighted by molar-refractivity contribution is 0.103. The minimum atomic E-state index is -0.503. The molecule has 108 valence electrons. The number of nitrogens with zero attached hydrogens (tertiary/aromatic N) is 1. The number of rotatable bonds is 3. The van der Waals surface area contributed by atoms with Crippen LogP contribution in [0.25, 0.3) is 0 Å². The molecule has 0 atom stereocenters. The van der Waals surface area contributed by atoms with Gasteiger partial charge in [-0.25, -0.2) is 4.39 Å². The van der Waals surface area contributed by atoms with Crippen molar-refractivity contribution >= 4 is 11.5 Å². The lowest BCUT2D eigenvalue weighted by Gasteiger charge is -2.30. The molecule has 2 aromatic carbocycles. The number of carbonyl (C=O) groups is 1. The molecule has 0 bridgehead atoms. The Kier molecular flexibility index (Phi) is 3.60. The number of halogens is 1. The molecule has 1 heterocycles. The standard InChI is InChI=1S/C17H16FNO2/c1-2-19-9-10-21-16-11-12(7-8-15(16)19)17(20)13-5-3-4-6-14(13)18/h3-8,11H,2,9-10H2,1H3. The second-order valence-corrected chi connectivity index (χ2v) is 4.92. The molecule has 21 heavy (non-hydrogen) atoms. The Balaban J connectivity index is 1.97. The zero-order valence-corrected chi connectivity index (χ0v) is 11.8. The van der Waals surface area contributed by atoms with Crippen molar-refractivity contribution in [1.29, 1.82) is 0 Å². The number of likely N-dealkylation sites (N-methyl/N-ethyl adjacent to an activating group) is 1. The highest BCUT2D eigenvalue weighted by Gasteiger charge is 2.20. The first-order chi connectivity index (χ1) is 10.2. The molecule has 3 rings (SSSR count). The van der Waals surface area contributed by atoms with Gasteiger partial charge in [0.05, 0.1) is 17.8 Å². The van der Waals surface area contributed by atoms with Gasteiger partial charge in [-0.2, -0.15) is 0 Å². The molecule has 0 aromatic heterocycles. The third kappa shape index (κ3) is 2.49. The van der Waals surface area contributed by atoms with Crippen LogP contribution in [0.5, 0.6) is 5.75 Å². The summed E-state index contributed by atoms with van der Waals surface area (Å²) in [6, 6.07) is 11.3. The van der Waals surface area contributed by atoms with Gasteiger partial charge in [-0.05, 0) is 37.3 Å². The maximum Gasteiger partial charge on any atom is 0.196 e. The predicted octanol–water partition coefficient (Wildman–Crippen LogP) is 3.28. The molecular weight excluding hydrogens is 269 g/mol. The van der Waals surface area contributed by atoms with E-state index in [1.807, 2.05) is 6.07 Å². The number of hydrogen-bond donors (Lipinski definition) is 0. The molecule has 1 aliphatic rings. The average Bonchev–Trinajstić information content (AvgIpc) is 2.53. The van der Waals surface area contributed by atoms with Crippen LogP contribution in [-0.4, -0.2) is 25.5 Å². The van der Waals surface area contributed by atoms with Crippen LogP contribution in [-0.2, 0) is 0 Å². The maximum atomic E-state index is 13.7. The number of fused-ring (bicyclic) bond motifs is 1. The van der Waals surface area contributed by atoms with Gasteiger partial charge >= 0.3 is 0 Å². The van der Waals surface area contributed by atoms with E-state index < -0.39 is 5.82 Å². The summed E-state index contributed by atoms with van der Waals surface area (Å²) >= 11 is 0. The van der Waals surface area contributed by atoms with Crippen LogP contribution in [0, 0.1) is 5.82 Å². The highest BCUT2D eigenvalue weighted by molar-refractivity contribution is 6.09. The highest BCUT2D eigenvalue weighted by Crippen LogP contribution is 2.33. The molecule has 0 saturated carbocycles. The van der Waals surface area contributed by atoms with E-state index in [-0.39, 0.29) is 11.3 Å². The molecule has 0 spiro atoms. The van der Waals surface area contributed by atoms with E-state index in [0.717, 1.165) is 18.8 Å². The predicted molar refractivity (Wildman–Crippen MR) is 79.7 cm³/mol. The van der Waals surface area contributed by atoms with Crippen molar-refractivity contribution in [2.24, 2.45) is 0 Å².